The predicted octanol–water partition coefficient (Wildman–Crippen LogP) is 4.69. The van der Waals surface area contributed by atoms with Crippen molar-refractivity contribution in [3.05, 3.63) is 48.6 Å². The van der Waals surface area contributed by atoms with E-state index in [1.54, 1.807) is 13.8 Å². The summed E-state index contributed by atoms with van der Waals surface area (Å²) in [6.07, 6.45) is 5.43. The highest BCUT2D eigenvalue weighted by molar-refractivity contribution is 5.95. The fourth-order valence-electron chi connectivity index (χ4n) is 5.33. The summed E-state index contributed by atoms with van der Waals surface area (Å²) in [5.74, 6) is -2.45. The van der Waals surface area contributed by atoms with Gasteiger partial charge in [0, 0.05) is 12.5 Å². The van der Waals surface area contributed by atoms with Crippen molar-refractivity contribution in [3.63, 3.8) is 0 Å². The fourth-order valence-corrected chi connectivity index (χ4v) is 5.33. The molecule has 35 heavy (non-hydrogen) atoms. The van der Waals surface area contributed by atoms with Crippen LogP contribution in [0.1, 0.15) is 51.5 Å². The SMILES string of the molecule is C=CC[C@@H]1[C@@H](COCc2ccccc2)[C@H](OC2CCCCO2)C[C@@H]1C(C(=O)OCC)C(=O)OCC. The van der Waals surface area contributed by atoms with Crippen molar-refractivity contribution < 1.29 is 33.3 Å². The van der Waals surface area contributed by atoms with Gasteiger partial charge in [0.25, 0.3) is 0 Å². The first-order valence-corrected chi connectivity index (χ1v) is 12.9. The molecule has 0 aromatic heterocycles. The number of allylic oxidation sites excluding steroid dienone is 1. The number of esters is 2. The maximum Gasteiger partial charge on any atom is 0.320 e. The molecule has 7 nitrogen and oxygen atoms in total. The van der Waals surface area contributed by atoms with Crippen molar-refractivity contribution >= 4 is 11.9 Å². The fraction of sp³-hybridized carbons (Fsp3) is 0.643. The van der Waals surface area contributed by atoms with Crippen LogP contribution in [0.15, 0.2) is 43.0 Å². The average Bonchev–Trinajstić information content (AvgIpc) is 3.17. The summed E-state index contributed by atoms with van der Waals surface area (Å²) >= 11 is 0. The van der Waals surface area contributed by atoms with E-state index in [1.165, 1.54) is 0 Å². The molecule has 7 heteroatoms. The highest BCUT2D eigenvalue weighted by atomic mass is 16.7. The summed E-state index contributed by atoms with van der Waals surface area (Å²) < 4.78 is 29.1. The van der Waals surface area contributed by atoms with E-state index in [1.807, 2.05) is 36.4 Å². The molecule has 0 radical (unpaired) electrons. The van der Waals surface area contributed by atoms with Gasteiger partial charge in [0.2, 0.25) is 0 Å². The lowest BCUT2D eigenvalue weighted by atomic mass is 9.79. The summed E-state index contributed by atoms with van der Waals surface area (Å²) in [7, 11) is 0. The predicted molar refractivity (Wildman–Crippen MR) is 131 cm³/mol. The molecule has 1 saturated carbocycles. The summed E-state index contributed by atoms with van der Waals surface area (Å²) in [5, 5.41) is 0. The minimum absolute atomic E-state index is 0.0291. The number of hydrogen-bond donors (Lipinski definition) is 0. The quantitative estimate of drug-likeness (QED) is 0.226. The third-order valence-corrected chi connectivity index (χ3v) is 6.92. The van der Waals surface area contributed by atoms with Crippen molar-refractivity contribution in [1.29, 1.82) is 0 Å². The summed E-state index contributed by atoms with van der Waals surface area (Å²) in [6.45, 7) is 9.43. The Balaban J connectivity index is 1.83. The van der Waals surface area contributed by atoms with Crippen LogP contribution < -0.4 is 0 Å². The standard InChI is InChI=1S/C28H40O7/c1-4-12-21-22(26(27(29)32-5-2)28(30)33-6-3)17-24(35-25-15-10-11-16-34-25)23(21)19-31-18-20-13-8-7-9-14-20/h4,7-9,13-14,21-26H,1,5-6,10-12,15-19H2,2-3H3/t21-,22-,23+,24+,25?/m0/s1. The maximum absolute atomic E-state index is 13.0. The van der Waals surface area contributed by atoms with Gasteiger partial charge in [-0.2, -0.15) is 0 Å². The van der Waals surface area contributed by atoms with Gasteiger partial charge < -0.3 is 23.7 Å². The van der Waals surface area contributed by atoms with Crippen LogP contribution in [-0.2, 0) is 39.9 Å². The molecule has 194 valence electrons. The second kappa shape index (κ2) is 14.4. The Morgan fingerprint density at radius 2 is 1.80 bits per heavy atom. The molecule has 2 aliphatic rings. The van der Waals surface area contributed by atoms with Crippen LogP contribution in [0, 0.1) is 23.7 Å². The second-order valence-electron chi connectivity index (χ2n) is 9.20. The van der Waals surface area contributed by atoms with E-state index in [-0.39, 0.29) is 43.4 Å². The highest BCUT2D eigenvalue weighted by Gasteiger charge is 2.52. The lowest BCUT2D eigenvalue weighted by Gasteiger charge is -2.30. The molecule has 1 aromatic carbocycles. The number of carbonyl (C=O) groups excluding carboxylic acids is 2. The third-order valence-electron chi connectivity index (χ3n) is 6.92. The van der Waals surface area contributed by atoms with Gasteiger partial charge in [-0.05, 0) is 63.4 Å². The maximum atomic E-state index is 13.0. The lowest BCUT2D eigenvalue weighted by Crippen LogP contribution is -2.37. The Bertz CT molecular complexity index is 772. The molecule has 5 atom stereocenters. The summed E-state index contributed by atoms with van der Waals surface area (Å²) in [5.41, 5.74) is 1.09. The number of benzene rings is 1. The molecule has 1 aliphatic carbocycles. The van der Waals surface area contributed by atoms with Crippen LogP contribution in [0.3, 0.4) is 0 Å². The Morgan fingerprint density at radius 1 is 1.09 bits per heavy atom. The molecule has 1 aliphatic heterocycles. The molecule has 1 saturated heterocycles. The van der Waals surface area contributed by atoms with Crippen LogP contribution >= 0.6 is 0 Å². The Labute approximate surface area is 209 Å². The van der Waals surface area contributed by atoms with Gasteiger partial charge >= 0.3 is 11.9 Å². The summed E-state index contributed by atoms with van der Waals surface area (Å²) in [6, 6.07) is 10.0. The van der Waals surface area contributed by atoms with Crippen LogP contribution in [0.5, 0.6) is 0 Å². The molecule has 0 amide bonds. The Morgan fingerprint density at radius 3 is 2.40 bits per heavy atom. The minimum atomic E-state index is -1.00. The van der Waals surface area contributed by atoms with E-state index in [2.05, 4.69) is 6.58 Å². The van der Waals surface area contributed by atoms with E-state index in [4.69, 9.17) is 23.7 Å². The molecule has 0 spiro atoms. The molecule has 3 rings (SSSR count). The van der Waals surface area contributed by atoms with E-state index in [0.717, 1.165) is 24.8 Å². The zero-order valence-corrected chi connectivity index (χ0v) is 21.1. The smallest absolute Gasteiger partial charge is 0.320 e. The van der Waals surface area contributed by atoms with E-state index < -0.39 is 17.9 Å². The average molecular weight is 489 g/mol. The normalized spacial score (nSPS) is 26.4. The van der Waals surface area contributed by atoms with Gasteiger partial charge in [-0.25, -0.2) is 0 Å². The van der Waals surface area contributed by atoms with Gasteiger partial charge in [-0.15, -0.1) is 6.58 Å². The van der Waals surface area contributed by atoms with Crippen LogP contribution in [0.2, 0.25) is 0 Å². The third kappa shape index (κ3) is 7.63. The zero-order chi connectivity index (χ0) is 25.0. The monoisotopic (exact) mass is 488 g/mol. The lowest BCUT2D eigenvalue weighted by molar-refractivity contribution is -0.199. The molecule has 1 unspecified atom stereocenters. The first-order chi connectivity index (χ1) is 17.1. The molecule has 0 N–H and O–H groups in total. The largest absolute Gasteiger partial charge is 0.465 e. The van der Waals surface area contributed by atoms with Gasteiger partial charge in [0.15, 0.2) is 12.2 Å². The number of hydrogen-bond acceptors (Lipinski definition) is 7. The van der Waals surface area contributed by atoms with Crippen molar-refractivity contribution in [2.45, 2.75) is 65.0 Å². The van der Waals surface area contributed by atoms with Gasteiger partial charge in [0.05, 0.1) is 32.5 Å². The van der Waals surface area contributed by atoms with Crippen molar-refractivity contribution in [2.75, 3.05) is 26.4 Å². The second-order valence-corrected chi connectivity index (χ2v) is 9.20. The molecular weight excluding hydrogens is 448 g/mol. The van der Waals surface area contributed by atoms with Crippen LogP contribution in [0.25, 0.3) is 0 Å². The molecule has 1 aromatic rings. The van der Waals surface area contributed by atoms with Gasteiger partial charge in [-0.3, -0.25) is 9.59 Å². The van der Waals surface area contributed by atoms with Gasteiger partial charge in [-0.1, -0.05) is 36.4 Å². The van der Waals surface area contributed by atoms with Crippen LogP contribution in [-0.4, -0.2) is 50.8 Å². The number of ether oxygens (including phenoxy) is 5. The first kappa shape index (κ1) is 27.4. The van der Waals surface area contributed by atoms with Crippen molar-refractivity contribution in [3.8, 4) is 0 Å². The topological polar surface area (TPSA) is 80.3 Å². The Kier molecular flexibility index (Phi) is 11.2. The minimum Gasteiger partial charge on any atom is -0.465 e. The Hall–Kier alpha value is -2.22. The summed E-state index contributed by atoms with van der Waals surface area (Å²) in [4.78, 5) is 25.9. The molecule has 1 heterocycles. The highest BCUT2D eigenvalue weighted by Crippen LogP contribution is 2.46. The number of rotatable bonds is 13. The van der Waals surface area contributed by atoms with Crippen molar-refractivity contribution in [2.24, 2.45) is 23.7 Å². The van der Waals surface area contributed by atoms with E-state index >= 15 is 0 Å². The van der Waals surface area contributed by atoms with E-state index in [0.29, 0.717) is 32.7 Å². The zero-order valence-electron chi connectivity index (χ0n) is 21.1. The van der Waals surface area contributed by atoms with Crippen LogP contribution in [0.4, 0.5) is 0 Å². The van der Waals surface area contributed by atoms with Crippen molar-refractivity contribution in [1.82, 2.24) is 0 Å². The molecular formula is C28H40O7. The molecule has 0 bridgehead atoms. The number of carbonyl (C=O) groups is 2. The first-order valence-electron chi connectivity index (χ1n) is 12.9. The van der Waals surface area contributed by atoms with E-state index in [9.17, 15) is 9.59 Å². The van der Waals surface area contributed by atoms with Gasteiger partial charge in [0.1, 0.15) is 0 Å². The molecule has 2 fully saturated rings.